The molecule has 2 heterocycles. The molecule has 0 radical (unpaired) electrons. The molecule has 6 heteroatoms. The van der Waals surface area contributed by atoms with Gasteiger partial charge in [-0.05, 0) is 31.2 Å². The molecule has 94 valence electrons. The summed E-state index contributed by atoms with van der Waals surface area (Å²) >= 11 is 0. The van der Waals surface area contributed by atoms with E-state index in [0.717, 1.165) is 0 Å². The maximum absolute atomic E-state index is 9.56. The zero-order valence-electron chi connectivity index (χ0n) is 9.52. The Morgan fingerprint density at radius 3 is 1.65 bits per heavy atom. The normalized spacial score (nSPS) is 9.29. The minimum atomic E-state index is -3.66. The summed E-state index contributed by atoms with van der Waals surface area (Å²) in [6.07, 6.45) is 7.25. The van der Waals surface area contributed by atoms with Crippen molar-refractivity contribution in [1.82, 2.24) is 9.97 Å². The van der Waals surface area contributed by atoms with E-state index in [4.69, 9.17) is 4.55 Å². The first-order valence-electron chi connectivity index (χ1n) is 4.94. The first-order valence-corrected chi connectivity index (χ1v) is 6.55. The van der Waals surface area contributed by atoms with E-state index in [-0.39, 0.29) is 5.75 Å². The van der Waals surface area contributed by atoms with Gasteiger partial charge in [0, 0.05) is 24.8 Å². The third-order valence-corrected chi connectivity index (χ3v) is 2.16. The van der Waals surface area contributed by atoms with E-state index in [1.54, 1.807) is 12.4 Å². The molecule has 0 aliphatic carbocycles. The Morgan fingerprint density at radius 1 is 1.06 bits per heavy atom. The van der Waals surface area contributed by atoms with Crippen LogP contribution in [0.5, 0.6) is 0 Å². The van der Waals surface area contributed by atoms with Gasteiger partial charge in [0.25, 0.3) is 10.1 Å². The number of H-pyrrole nitrogens is 1. The molecule has 2 N–H and O–H groups in total. The maximum atomic E-state index is 9.56. The summed E-state index contributed by atoms with van der Waals surface area (Å²) in [5.74, 6) is -0.201. The summed E-state index contributed by atoms with van der Waals surface area (Å²) in [5, 5.41) is 0. The van der Waals surface area contributed by atoms with Crippen LogP contribution in [0, 0.1) is 0 Å². The summed E-state index contributed by atoms with van der Waals surface area (Å²) in [4.78, 5) is 6.65. The van der Waals surface area contributed by atoms with Gasteiger partial charge in [-0.15, -0.1) is 0 Å². The van der Waals surface area contributed by atoms with Crippen molar-refractivity contribution in [3.05, 3.63) is 55.1 Å². The van der Waals surface area contributed by atoms with Gasteiger partial charge < -0.3 is 4.98 Å². The number of hydrogen-bond donors (Lipinski definition) is 2. The van der Waals surface area contributed by atoms with Crippen LogP contribution in [0.3, 0.4) is 0 Å². The molecule has 0 bridgehead atoms. The standard InChI is InChI=1S/C5H5N.C4H5N.C2H6O3S/c1-2-4-6-5-3-1;1-2-4-5-3-1;1-2-6(3,4)5/h1-5H;1-5H;2H2,1H3,(H,3,4,5). The van der Waals surface area contributed by atoms with E-state index < -0.39 is 10.1 Å². The van der Waals surface area contributed by atoms with Crippen LogP contribution in [0.2, 0.25) is 0 Å². The fourth-order valence-corrected chi connectivity index (χ4v) is 0.590. The van der Waals surface area contributed by atoms with Crippen LogP contribution in [0.25, 0.3) is 0 Å². The summed E-state index contributed by atoms with van der Waals surface area (Å²) in [6.45, 7) is 1.37. The number of nitrogens with one attached hydrogen (secondary N) is 1. The van der Waals surface area contributed by atoms with Gasteiger partial charge in [0.1, 0.15) is 0 Å². The van der Waals surface area contributed by atoms with Crippen LogP contribution in [0.4, 0.5) is 0 Å². The lowest BCUT2D eigenvalue weighted by Gasteiger charge is -1.79. The first-order chi connectivity index (χ1) is 8.06. The molecule has 17 heavy (non-hydrogen) atoms. The van der Waals surface area contributed by atoms with E-state index in [0.29, 0.717) is 0 Å². The zero-order valence-corrected chi connectivity index (χ0v) is 10.3. The predicted molar refractivity (Wildman–Crippen MR) is 67.1 cm³/mol. The molecule has 0 aliphatic heterocycles. The Balaban J connectivity index is 0.000000227. The van der Waals surface area contributed by atoms with Crippen molar-refractivity contribution < 1.29 is 13.0 Å². The molecule has 0 saturated carbocycles. The zero-order chi connectivity index (χ0) is 13.0. The van der Waals surface area contributed by atoms with Crippen LogP contribution in [0.1, 0.15) is 6.92 Å². The van der Waals surface area contributed by atoms with Crippen molar-refractivity contribution in [2.75, 3.05) is 5.75 Å². The third-order valence-electron chi connectivity index (χ3n) is 1.43. The van der Waals surface area contributed by atoms with Crippen LogP contribution in [-0.4, -0.2) is 28.7 Å². The smallest absolute Gasteiger partial charge is 0.264 e. The van der Waals surface area contributed by atoms with Gasteiger partial charge in [0.05, 0.1) is 5.75 Å². The molecule has 0 fully saturated rings. The molecule has 2 rings (SSSR count). The summed E-state index contributed by atoms with van der Waals surface area (Å²) in [6, 6.07) is 9.60. The topological polar surface area (TPSA) is 83.0 Å². The molecule has 0 unspecified atom stereocenters. The van der Waals surface area contributed by atoms with Gasteiger partial charge in [0.15, 0.2) is 0 Å². The molecule has 2 aromatic rings. The Morgan fingerprint density at radius 2 is 1.53 bits per heavy atom. The van der Waals surface area contributed by atoms with Crippen molar-refractivity contribution in [3.8, 4) is 0 Å². The first kappa shape index (κ1) is 15.3. The van der Waals surface area contributed by atoms with E-state index in [1.165, 1.54) is 6.92 Å². The number of hydrogen-bond acceptors (Lipinski definition) is 3. The second-order valence-electron chi connectivity index (χ2n) is 2.78. The highest BCUT2D eigenvalue weighted by molar-refractivity contribution is 7.85. The predicted octanol–water partition coefficient (Wildman–Crippen LogP) is 1.99. The number of pyridine rings is 1. The highest BCUT2D eigenvalue weighted by atomic mass is 32.2. The van der Waals surface area contributed by atoms with Crippen molar-refractivity contribution in [2.45, 2.75) is 6.92 Å². The van der Waals surface area contributed by atoms with Crippen LogP contribution in [0.15, 0.2) is 55.1 Å². The van der Waals surface area contributed by atoms with Crippen LogP contribution >= 0.6 is 0 Å². The van der Waals surface area contributed by atoms with Crippen molar-refractivity contribution >= 4 is 10.1 Å². The lowest BCUT2D eigenvalue weighted by atomic mass is 10.5. The summed E-state index contributed by atoms with van der Waals surface area (Å²) in [7, 11) is -3.66. The molecule has 0 atom stereocenters. The highest BCUT2D eigenvalue weighted by Gasteiger charge is 1.93. The Kier molecular flexibility index (Phi) is 8.62. The van der Waals surface area contributed by atoms with E-state index in [2.05, 4.69) is 9.97 Å². The largest absolute Gasteiger partial charge is 0.368 e. The van der Waals surface area contributed by atoms with Gasteiger partial charge in [-0.2, -0.15) is 8.42 Å². The summed E-state index contributed by atoms with van der Waals surface area (Å²) in [5.41, 5.74) is 0. The quantitative estimate of drug-likeness (QED) is 0.764. The van der Waals surface area contributed by atoms with Crippen LogP contribution < -0.4 is 0 Å². The van der Waals surface area contributed by atoms with E-state index in [1.807, 2.05) is 42.7 Å². The molecular formula is C11H16N2O3S. The number of aromatic amines is 1. The second-order valence-corrected chi connectivity index (χ2v) is 4.52. The Bertz CT molecular complexity index is 397. The van der Waals surface area contributed by atoms with Gasteiger partial charge in [-0.1, -0.05) is 6.07 Å². The fourth-order valence-electron chi connectivity index (χ4n) is 0.590. The number of nitrogens with zero attached hydrogens (tertiary/aromatic N) is 1. The second kappa shape index (κ2) is 9.56. The highest BCUT2D eigenvalue weighted by Crippen LogP contribution is 1.74. The minimum absolute atomic E-state index is 0.201. The SMILES string of the molecule is CCS(=O)(=O)O.c1cc[nH]c1.c1ccncc1. The van der Waals surface area contributed by atoms with Crippen LogP contribution in [-0.2, 0) is 10.1 Å². The third kappa shape index (κ3) is 14.3. The van der Waals surface area contributed by atoms with Crippen molar-refractivity contribution in [1.29, 1.82) is 0 Å². The molecule has 0 aromatic carbocycles. The average molecular weight is 256 g/mol. The molecule has 2 aromatic heterocycles. The van der Waals surface area contributed by atoms with E-state index in [9.17, 15) is 8.42 Å². The molecule has 0 spiro atoms. The van der Waals surface area contributed by atoms with Gasteiger partial charge in [-0.25, -0.2) is 0 Å². The number of rotatable bonds is 1. The fraction of sp³-hybridized carbons (Fsp3) is 0.182. The lowest BCUT2D eigenvalue weighted by Crippen LogP contribution is -1.97. The molecular weight excluding hydrogens is 240 g/mol. The molecule has 0 amide bonds. The number of aromatic nitrogens is 2. The van der Waals surface area contributed by atoms with Gasteiger partial charge in [0.2, 0.25) is 0 Å². The Labute approximate surface area is 101 Å². The van der Waals surface area contributed by atoms with Crippen molar-refractivity contribution in [2.24, 2.45) is 0 Å². The van der Waals surface area contributed by atoms with Crippen molar-refractivity contribution in [3.63, 3.8) is 0 Å². The molecule has 0 aliphatic rings. The average Bonchev–Trinajstić information content (AvgIpc) is 2.90. The minimum Gasteiger partial charge on any atom is -0.368 e. The molecule has 0 saturated heterocycles. The maximum Gasteiger partial charge on any atom is 0.264 e. The molecule has 5 nitrogen and oxygen atoms in total. The van der Waals surface area contributed by atoms with Gasteiger partial charge in [-0.3, -0.25) is 9.54 Å². The Hall–Kier alpha value is -1.66. The lowest BCUT2D eigenvalue weighted by molar-refractivity contribution is 0.484. The van der Waals surface area contributed by atoms with E-state index >= 15 is 0 Å². The summed E-state index contributed by atoms with van der Waals surface area (Å²) < 4.78 is 26.9. The monoisotopic (exact) mass is 256 g/mol. The van der Waals surface area contributed by atoms with Gasteiger partial charge >= 0.3 is 0 Å².